The van der Waals surface area contributed by atoms with Crippen LogP contribution in [-0.4, -0.2) is 24.5 Å². The van der Waals surface area contributed by atoms with Gasteiger partial charge in [-0.2, -0.15) is 0 Å². The number of nitrogens with one attached hydrogen (secondary N) is 2. The maximum absolute atomic E-state index is 11.5. The summed E-state index contributed by atoms with van der Waals surface area (Å²) in [5.74, 6) is 0.891. The maximum atomic E-state index is 11.5. The SMILES string of the molecule is NC(=NCC(=O)NCc1ccco1)NC1CCCC1. The molecule has 1 aliphatic rings. The van der Waals surface area contributed by atoms with Crippen molar-refractivity contribution < 1.29 is 9.21 Å². The van der Waals surface area contributed by atoms with Crippen molar-refractivity contribution in [3.63, 3.8) is 0 Å². The Morgan fingerprint density at radius 1 is 1.47 bits per heavy atom. The van der Waals surface area contributed by atoms with E-state index in [0.29, 0.717) is 18.5 Å². The highest BCUT2D eigenvalue weighted by Gasteiger charge is 2.14. The summed E-state index contributed by atoms with van der Waals surface area (Å²) in [5.41, 5.74) is 5.73. The lowest BCUT2D eigenvalue weighted by Gasteiger charge is -2.12. The average molecular weight is 264 g/mol. The quantitative estimate of drug-likeness (QED) is 0.540. The van der Waals surface area contributed by atoms with Crippen LogP contribution in [0, 0.1) is 0 Å². The van der Waals surface area contributed by atoms with E-state index in [9.17, 15) is 4.79 Å². The van der Waals surface area contributed by atoms with Crippen LogP contribution >= 0.6 is 0 Å². The third-order valence-electron chi connectivity index (χ3n) is 3.14. The molecule has 0 aromatic carbocycles. The molecule has 1 amide bonds. The second-order valence-corrected chi connectivity index (χ2v) is 4.68. The van der Waals surface area contributed by atoms with Crippen LogP contribution < -0.4 is 16.4 Å². The molecule has 1 aromatic heterocycles. The van der Waals surface area contributed by atoms with Gasteiger partial charge in [0.05, 0.1) is 12.8 Å². The molecule has 0 aliphatic heterocycles. The average Bonchev–Trinajstić information content (AvgIpc) is 3.06. The summed E-state index contributed by atoms with van der Waals surface area (Å²) in [4.78, 5) is 15.6. The Morgan fingerprint density at radius 3 is 2.95 bits per heavy atom. The van der Waals surface area contributed by atoms with E-state index >= 15 is 0 Å². The molecule has 1 aromatic rings. The van der Waals surface area contributed by atoms with Crippen molar-refractivity contribution in [3.8, 4) is 0 Å². The molecule has 0 spiro atoms. The first-order valence-electron chi connectivity index (χ1n) is 6.59. The van der Waals surface area contributed by atoms with Crippen LogP contribution in [0.5, 0.6) is 0 Å². The minimum absolute atomic E-state index is 0.0340. The molecule has 0 unspecified atom stereocenters. The number of nitrogens with zero attached hydrogens (tertiary/aromatic N) is 1. The fraction of sp³-hybridized carbons (Fsp3) is 0.538. The van der Waals surface area contributed by atoms with E-state index in [1.54, 1.807) is 18.4 Å². The summed E-state index contributed by atoms with van der Waals surface area (Å²) >= 11 is 0. The Balaban J connectivity index is 1.66. The van der Waals surface area contributed by atoms with Gasteiger partial charge in [0, 0.05) is 6.04 Å². The zero-order valence-electron chi connectivity index (χ0n) is 10.9. The minimum atomic E-state index is -0.174. The van der Waals surface area contributed by atoms with Crippen molar-refractivity contribution in [1.82, 2.24) is 10.6 Å². The van der Waals surface area contributed by atoms with Crippen LogP contribution in [0.25, 0.3) is 0 Å². The van der Waals surface area contributed by atoms with Crippen molar-refractivity contribution in [3.05, 3.63) is 24.2 Å². The molecule has 0 bridgehead atoms. The highest BCUT2D eigenvalue weighted by molar-refractivity contribution is 5.84. The minimum Gasteiger partial charge on any atom is -0.467 e. The number of furan rings is 1. The molecule has 0 radical (unpaired) electrons. The van der Waals surface area contributed by atoms with Gasteiger partial charge in [0.25, 0.3) is 0 Å². The number of rotatable bonds is 5. The van der Waals surface area contributed by atoms with Gasteiger partial charge in [0.2, 0.25) is 5.91 Å². The molecule has 2 rings (SSSR count). The standard InChI is InChI=1S/C13H20N4O2/c14-13(17-10-4-1-2-5-10)16-9-12(18)15-8-11-6-3-7-19-11/h3,6-7,10H,1-2,4-5,8-9H2,(H,15,18)(H3,14,16,17). The number of carbonyl (C=O) groups excluding carboxylic acids is 1. The van der Waals surface area contributed by atoms with Crippen LogP contribution in [0.1, 0.15) is 31.4 Å². The van der Waals surface area contributed by atoms with E-state index in [2.05, 4.69) is 15.6 Å². The molecule has 1 fully saturated rings. The van der Waals surface area contributed by atoms with E-state index in [0.717, 1.165) is 18.6 Å². The van der Waals surface area contributed by atoms with Crippen molar-refractivity contribution in [2.45, 2.75) is 38.3 Å². The second kappa shape index (κ2) is 6.82. The topological polar surface area (TPSA) is 92.6 Å². The van der Waals surface area contributed by atoms with Crippen molar-refractivity contribution in [1.29, 1.82) is 0 Å². The van der Waals surface area contributed by atoms with Gasteiger partial charge in [-0.3, -0.25) is 4.79 Å². The maximum Gasteiger partial charge on any atom is 0.242 e. The van der Waals surface area contributed by atoms with Crippen molar-refractivity contribution in [2.24, 2.45) is 10.7 Å². The normalized spacial score (nSPS) is 16.5. The summed E-state index contributed by atoms with van der Waals surface area (Å²) in [6.07, 6.45) is 6.29. The van der Waals surface area contributed by atoms with Crippen molar-refractivity contribution >= 4 is 11.9 Å². The summed E-state index contributed by atoms with van der Waals surface area (Å²) in [7, 11) is 0. The molecule has 1 heterocycles. The predicted octanol–water partition coefficient (Wildman–Crippen LogP) is 0.743. The van der Waals surface area contributed by atoms with Gasteiger partial charge < -0.3 is 20.8 Å². The lowest BCUT2D eigenvalue weighted by Crippen LogP contribution is -2.39. The Morgan fingerprint density at radius 2 is 2.26 bits per heavy atom. The molecule has 0 atom stereocenters. The smallest absolute Gasteiger partial charge is 0.242 e. The van der Waals surface area contributed by atoms with E-state index in [1.807, 2.05) is 0 Å². The van der Waals surface area contributed by atoms with Gasteiger partial charge in [-0.1, -0.05) is 12.8 Å². The lowest BCUT2D eigenvalue weighted by atomic mass is 10.2. The summed E-state index contributed by atoms with van der Waals surface area (Å²) in [5, 5.41) is 5.84. The van der Waals surface area contributed by atoms with Gasteiger partial charge in [-0.15, -0.1) is 0 Å². The number of amides is 1. The van der Waals surface area contributed by atoms with E-state index in [4.69, 9.17) is 10.2 Å². The molecule has 6 heteroatoms. The van der Waals surface area contributed by atoms with Gasteiger partial charge >= 0.3 is 0 Å². The van der Waals surface area contributed by atoms with Gasteiger partial charge in [-0.25, -0.2) is 4.99 Å². The Labute approximate surface area is 112 Å². The van der Waals surface area contributed by atoms with Crippen LogP contribution in [0.3, 0.4) is 0 Å². The van der Waals surface area contributed by atoms with Crippen LogP contribution in [0.2, 0.25) is 0 Å². The molecule has 6 nitrogen and oxygen atoms in total. The molecule has 104 valence electrons. The zero-order chi connectivity index (χ0) is 13.5. The predicted molar refractivity (Wildman–Crippen MR) is 72.4 cm³/mol. The van der Waals surface area contributed by atoms with E-state index in [-0.39, 0.29) is 12.5 Å². The molecule has 1 saturated carbocycles. The lowest BCUT2D eigenvalue weighted by molar-refractivity contribution is -0.119. The van der Waals surface area contributed by atoms with Gasteiger partial charge in [0.1, 0.15) is 12.3 Å². The molecule has 19 heavy (non-hydrogen) atoms. The summed E-state index contributed by atoms with van der Waals surface area (Å²) in [6.45, 7) is 0.406. The van der Waals surface area contributed by atoms with Crippen LogP contribution in [-0.2, 0) is 11.3 Å². The zero-order valence-corrected chi connectivity index (χ0v) is 10.9. The van der Waals surface area contributed by atoms with Crippen LogP contribution in [0.15, 0.2) is 27.8 Å². The van der Waals surface area contributed by atoms with Gasteiger partial charge in [-0.05, 0) is 25.0 Å². The molecule has 1 aliphatic carbocycles. The molecular weight excluding hydrogens is 244 g/mol. The number of hydrogen-bond donors (Lipinski definition) is 3. The Kier molecular flexibility index (Phi) is 4.83. The molecule has 0 saturated heterocycles. The number of carbonyl (C=O) groups is 1. The van der Waals surface area contributed by atoms with Crippen LogP contribution in [0.4, 0.5) is 0 Å². The fourth-order valence-corrected chi connectivity index (χ4v) is 2.14. The van der Waals surface area contributed by atoms with E-state index < -0.39 is 0 Å². The number of nitrogens with two attached hydrogens (primary N) is 1. The number of aliphatic imine (C=N–C) groups is 1. The van der Waals surface area contributed by atoms with Crippen molar-refractivity contribution in [2.75, 3.05) is 6.54 Å². The third-order valence-corrected chi connectivity index (χ3v) is 3.14. The summed E-state index contributed by atoms with van der Waals surface area (Å²) < 4.78 is 5.11. The van der Waals surface area contributed by atoms with Gasteiger partial charge in [0.15, 0.2) is 5.96 Å². The Bertz CT molecular complexity index is 422. The fourth-order valence-electron chi connectivity index (χ4n) is 2.14. The largest absolute Gasteiger partial charge is 0.467 e. The first kappa shape index (κ1) is 13.5. The highest BCUT2D eigenvalue weighted by atomic mass is 16.3. The van der Waals surface area contributed by atoms with E-state index in [1.165, 1.54) is 12.8 Å². The third kappa shape index (κ3) is 4.65. The second-order valence-electron chi connectivity index (χ2n) is 4.68. The molecular formula is C13H20N4O2. The monoisotopic (exact) mass is 264 g/mol. The summed E-state index contributed by atoms with van der Waals surface area (Å²) in [6, 6.07) is 4.00. The first-order valence-corrected chi connectivity index (χ1v) is 6.59. The number of hydrogen-bond acceptors (Lipinski definition) is 3. The first-order chi connectivity index (χ1) is 9.24. The number of guanidine groups is 1. The Hall–Kier alpha value is -1.98. The molecule has 4 N–H and O–H groups in total. The highest BCUT2D eigenvalue weighted by Crippen LogP contribution is 2.17.